The van der Waals surface area contributed by atoms with Crippen molar-refractivity contribution >= 4 is 45.4 Å². The molecule has 2 aromatic heterocycles. The second kappa shape index (κ2) is 8.28. The number of hydrogen-bond acceptors (Lipinski definition) is 5. The lowest BCUT2D eigenvalue weighted by molar-refractivity contribution is 0.0995. The van der Waals surface area contributed by atoms with Gasteiger partial charge in [0.2, 0.25) is 0 Å². The van der Waals surface area contributed by atoms with E-state index in [0.29, 0.717) is 26.3 Å². The maximum absolute atomic E-state index is 12.6. The molecule has 1 aromatic carbocycles. The number of carbonyl (C=O) groups is 2. The monoisotopic (exact) mass is 404 g/mol. The highest BCUT2D eigenvalue weighted by Gasteiger charge is 2.16. The second-order valence-corrected chi connectivity index (χ2v) is 7.32. The molecule has 0 aliphatic rings. The van der Waals surface area contributed by atoms with Gasteiger partial charge in [-0.1, -0.05) is 17.7 Å². The van der Waals surface area contributed by atoms with Crippen LogP contribution in [0, 0.1) is 0 Å². The van der Waals surface area contributed by atoms with E-state index in [4.69, 9.17) is 20.8 Å². The number of hydrogen-bond donors (Lipinski definition) is 2. The summed E-state index contributed by atoms with van der Waals surface area (Å²) in [5.41, 5.74) is 0.482. The number of thiophene rings is 1. The van der Waals surface area contributed by atoms with E-state index in [9.17, 15) is 9.59 Å². The number of amides is 2. The van der Waals surface area contributed by atoms with Gasteiger partial charge < -0.3 is 19.8 Å². The van der Waals surface area contributed by atoms with Crippen molar-refractivity contribution in [2.75, 3.05) is 10.6 Å². The molecule has 2 amide bonds. The van der Waals surface area contributed by atoms with Crippen LogP contribution in [0.4, 0.5) is 10.7 Å². The average molecular weight is 405 g/mol. The quantitative estimate of drug-likeness (QED) is 0.585. The third kappa shape index (κ3) is 4.69. The summed E-state index contributed by atoms with van der Waals surface area (Å²) in [6.45, 7) is 3.75. The summed E-state index contributed by atoms with van der Waals surface area (Å²) in [4.78, 5) is 25.0. The fourth-order valence-corrected chi connectivity index (χ4v) is 3.27. The van der Waals surface area contributed by atoms with E-state index in [1.807, 2.05) is 13.8 Å². The van der Waals surface area contributed by atoms with Crippen LogP contribution >= 0.6 is 22.9 Å². The van der Waals surface area contributed by atoms with E-state index in [2.05, 4.69) is 10.6 Å². The van der Waals surface area contributed by atoms with Crippen molar-refractivity contribution < 1.29 is 18.7 Å². The third-order valence-corrected chi connectivity index (χ3v) is 4.68. The Hall–Kier alpha value is -2.77. The predicted octanol–water partition coefficient (Wildman–Crippen LogP) is 5.29. The Morgan fingerprint density at radius 1 is 1.07 bits per heavy atom. The lowest BCUT2D eigenvalue weighted by atomic mass is 10.2. The Bertz CT molecular complexity index is 951. The van der Waals surface area contributed by atoms with Crippen LogP contribution in [0.5, 0.6) is 5.75 Å². The van der Waals surface area contributed by atoms with Gasteiger partial charge in [0.05, 0.1) is 33.0 Å². The first-order chi connectivity index (χ1) is 12.9. The molecular weight excluding hydrogens is 388 g/mol. The predicted molar refractivity (Wildman–Crippen MR) is 106 cm³/mol. The molecule has 27 heavy (non-hydrogen) atoms. The third-order valence-electron chi connectivity index (χ3n) is 3.38. The first-order valence-corrected chi connectivity index (χ1v) is 9.34. The van der Waals surface area contributed by atoms with Crippen molar-refractivity contribution in [3.63, 3.8) is 0 Å². The van der Waals surface area contributed by atoms with Crippen molar-refractivity contribution in [3.05, 3.63) is 64.4 Å². The number of benzene rings is 1. The van der Waals surface area contributed by atoms with E-state index >= 15 is 0 Å². The SMILES string of the molecule is CC(C)Oc1c(Cl)cccc1NC(=O)c1ccc(NC(=O)c2ccco2)s1. The van der Waals surface area contributed by atoms with Crippen LogP contribution in [-0.4, -0.2) is 17.9 Å². The molecule has 6 nitrogen and oxygen atoms in total. The molecule has 0 aliphatic heterocycles. The van der Waals surface area contributed by atoms with Gasteiger partial charge in [-0.15, -0.1) is 11.3 Å². The van der Waals surface area contributed by atoms with Crippen LogP contribution in [0.3, 0.4) is 0 Å². The Balaban J connectivity index is 1.72. The number of ether oxygens (including phenoxy) is 1. The van der Waals surface area contributed by atoms with Gasteiger partial charge in [0.25, 0.3) is 11.8 Å². The summed E-state index contributed by atoms with van der Waals surface area (Å²) in [6, 6.07) is 11.6. The number of nitrogens with one attached hydrogen (secondary N) is 2. The normalized spacial score (nSPS) is 10.7. The van der Waals surface area contributed by atoms with Gasteiger partial charge in [-0.05, 0) is 50.2 Å². The Morgan fingerprint density at radius 2 is 1.89 bits per heavy atom. The van der Waals surface area contributed by atoms with Crippen LogP contribution in [0.25, 0.3) is 0 Å². The van der Waals surface area contributed by atoms with E-state index in [0.717, 1.165) is 11.3 Å². The lowest BCUT2D eigenvalue weighted by Gasteiger charge is -2.16. The number of carbonyl (C=O) groups excluding carboxylic acids is 2. The molecule has 0 radical (unpaired) electrons. The van der Waals surface area contributed by atoms with Crippen molar-refractivity contribution in [1.82, 2.24) is 0 Å². The molecule has 3 rings (SSSR count). The Kier molecular flexibility index (Phi) is 5.83. The minimum absolute atomic E-state index is 0.0919. The van der Waals surface area contributed by atoms with Crippen molar-refractivity contribution in [3.8, 4) is 5.75 Å². The van der Waals surface area contributed by atoms with E-state index in [1.54, 1.807) is 42.5 Å². The zero-order valence-corrected chi connectivity index (χ0v) is 16.2. The molecule has 0 saturated heterocycles. The standard InChI is InChI=1S/C19H17ClN2O4S/c1-11(2)26-17-12(20)5-3-6-13(17)21-19(24)15-8-9-16(27-15)22-18(23)14-7-4-10-25-14/h3-11H,1-2H3,(H,21,24)(H,22,23). The summed E-state index contributed by atoms with van der Waals surface area (Å²) in [5, 5.41) is 6.44. The van der Waals surface area contributed by atoms with Gasteiger partial charge >= 0.3 is 0 Å². The van der Waals surface area contributed by atoms with Gasteiger partial charge in [0, 0.05) is 0 Å². The molecule has 0 unspecified atom stereocenters. The highest BCUT2D eigenvalue weighted by molar-refractivity contribution is 7.18. The van der Waals surface area contributed by atoms with Gasteiger partial charge in [-0.25, -0.2) is 0 Å². The lowest BCUT2D eigenvalue weighted by Crippen LogP contribution is -2.13. The molecule has 8 heteroatoms. The number of anilines is 2. The van der Waals surface area contributed by atoms with E-state index in [-0.39, 0.29) is 23.7 Å². The zero-order chi connectivity index (χ0) is 19.4. The number of halogens is 1. The van der Waals surface area contributed by atoms with Gasteiger partial charge in [-0.3, -0.25) is 9.59 Å². The topological polar surface area (TPSA) is 80.6 Å². The molecule has 0 aliphatic carbocycles. The molecule has 0 fully saturated rings. The zero-order valence-electron chi connectivity index (χ0n) is 14.6. The van der Waals surface area contributed by atoms with Crippen LogP contribution in [0.2, 0.25) is 5.02 Å². The highest BCUT2D eigenvalue weighted by Crippen LogP contribution is 2.34. The smallest absolute Gasteiger partial charge is 0.291 e. The molecule has 3 aromatic rings. The maximum atomic E-state index is 12.6. The summed E-state index contributed by atoms with van der Waals surface area (Å²) in [5.74, 6) is -0.0835. The number of para-hydroxylation sites is 1. The first-order valence-electron chi connectivity index (χ1n) is 8.15. The number of rotatable bonds is 6. The summed E-state index contributed by atoms with van der Waals surface area (Å²) in [6.07, 6.45) is 1.33. The van der Waals surface area contributed by atoms with Crippen LogP contribution < -0.4 is 15.4 Å². The summed E-state index contributed by atoms with van der Waals surface area (Å²) in [7, 11) is 0. The molecule has 2 N–H and O–H groups in total. The van der Waals surface area contributed by atoms with Crippen molar-refractivity contribution in [2.24, 2.45) is 0 Å². The molecule has 2 heterocycles. The molecular formula is C19H17ClN2O4S. The summed E-state index contributed by atoms with van der Waals surface area (Å²) < 4.78 is 10.7. The summed E-state index contributed by atoms with van der Waals surface area (Å²) >= 11 is 7.33. The maximum Gasteiger partial charge on any atom is 0.291 e. The van der Waals surface area contributed by atoms with Crippen LogP contribution in [-0.2, 0) is 0 Å². The van der Waals surface area contributed by atoms with E-state index in [1.165, 1.54) is 6.26 Å². The Morgan fingerprint density at radius 3 is 2.59 bits per heavy atom. The average Bonchev–Trinajstić information content (AvgIpc) is 3.29. The highest BCUT2D eigenvalue weighted by atomic mass is 35.5. The Labute approximate surface area is 165 Å². The van der Waals surface area contributed by atoms with Crippen LogP contribution in [0.1, 0.15) is 34.1 Å². The molecule has 140 valence electrons. The molecule has 0 atom stereocenters. The molecule has 0 spiro atoms. The fraction of sp³-hybridized carbons (Fsp3) is 0.158. The van der Waals surface area contributed by atoms with Gasteiger partial charge in [0.15, 0.2) is 11.5 Å². The fourth-order valence-electron chi connectivity index (χ4n) is 2.26. The number of furan rings is 1. The largest absolute Gasteiger partial charge is 0.487 e. The van der Waals surface area contributed by atoms with Crippen LogP contribution in [0.15, 0.2) is 53.1 Å². The van der Waals surface area contributed by atoms with Crippen molar-refractivity contribution in [1.29, 1.82) is 0 Å². The van der Waals surface area contributed by atoms with Gasteiger partial charge in [0.1, 0.15) is 0 Å². The van der Waals surface area contributed by atoms with Gasteiger partial charge in [-0.2, -0.15) is 0 Å². The minimum atomic E-state index is -0.378. The first kappa shape index (κ1) is 19.0. The molecule has 0 saturated carbocycles. The van der Waals surface area contributed by atoms with E-state index < -0.39 is 0 Å². The minimum Gasteiger partial charge on any atom is -0.487 e. The van der Waals surface area contributed by atoms with Crippen molar-refractivity contribution in [2.45, 2.75) is 20.0 Å². The molecule has 0 bridgehead atoms. The second-order valence-electron chi connectivity index (χ2n) is 5.83.